The first kappa shape index (κ1) is 17.9. The molecule has 128 valence electrons. The molecule has 1 aliphatic carbocycles. The molecule has 2 atom stereocenters. The van der Waals surface area contributed by atoms with E-state index in [2.05, 4.69) is 5.32 Å². The zero-order chi connectivity index (χ0) is 17.0. The Kier molecular flexibility index (Phi) is 5.81. The van der Waals surface area contributed by atoms with E-state index >= 15 is 0 Å². The van der Waals surface area contributed by atoms with Gasteiger partial charge in [-0.05, 0) is 50.8 Å². The number of carbonyl (C=O) groups excluding carboxylic acids is 1. The van der Waals surface area contributed by atoms with Crippen molar-refractivity contribution < 1.29 is 13.2 Å². The molecule has 1 amide bonds. The summed E-state index contributed by atoms with van der Waals surface area (Å²) in [5.74, 6) is -0.0892. The molecule has 0 aliphatic heterocycles. The molecule has 0 aromatic heterocycles. The Morgan fingerprint density at radius 3 is 2.74 bits per heavy atom. The molecule has 0 spiro atoms. The van der Waals surface area contributed by atoms with Crippen LogP contribution in [0, 0.1) is 5.92 Å². The lowest BCUT2D eigenvalue weighted by Gasteiger charge is -2.25. The number of anilines is 1. The second-order valence-electron chi connectivity index (χ2n) is 6.67. The zero-order valence-electron chi connectivity index (χ0n) is 13.8. The molecular formula is C17H26N2O3S. The van der Waals surface area contributed by atoms with Gasteiger partial charge in [0, 0.05) is 17.6 Å². The van der Waals surface area contributed by atoms with Gasteiger partial charge in [-0.2, -0.15) is 0 Å². The molecule has 1 saturated carbocycles. The average Bonchev–Trinajstić information content (AvgIpc) is 2.47. The molecule has 1 fully saturated rings. The molecule has 1 aliphatic rings. The third-order valence-corrected chi connectivity index (χ3v) is 6.54. The Hall–Kier alpha value is -1.40. The van der Waals surface area contributed by atoms with Crippen molar-refractivity contribution in [2.45, 2.75) is 56.6 Å². The highest BCUT2D eigenvalue weighted by atomic mass is 32.2. The maximum atomic E-state index is 12.3. The number of nitrogens with one attached hydrogen (secondary N) is 1. The molecule has 0 bridgehead atoms. The van der Waals surface area contributed by atoms with Gasteiger partial charge in [-0.15, -0.1) is 0 Å². The minimum Gasteiger partial charge on any atom is -0.328 e. The van der Waals surface area contributed by atoms with Gasteiger partial charge < -0.3 is 11.1 Å². The van der Waals surface area contributed by atoms with Gasteiger partial charge in [0.15, 0.2) is 9.84 Å². The van der Waals surface area contributed by atoms with Crippen LogP contribution in [0.5, 0.6) is 0 Å². The summed E-state index contributed by atoms with van der Waals surface area (Å²) in [6.07, 6.45) is 3.53. The monoisotopic (exact) mass is 338 g/mol. The Morgan fingerprint density at radius 2 is 2.09 bits per heavy atom. The summed E-state index contributed by atoms with van der Waals surface area (Å²) < 4.78 is 24.0. The summed E-state index contributed by atoms with van der Waals surface area (Å²) in [7, 11) is -3.15. The smallest absolute Gasteiger partial charge is 0.227 e. The van der Waals surface area contributed by atoms with Crippen LogP contribution in [0.4, 0.5) is 5.69 Å². The van der Waals surface area contributed by atoms with Crippen molar-refractivity contribution in [2.24, 2.45) is 11.7 Å². The SMILES string of the molecule is CC(C)S(=O)(=O)Cc1cccc(NC(=O)C2CCCC(N)C2)c1. The van der Waals surface area contributed by atoms with Crippen LogP contribution < -0.4 is 11.1 Å². The van der Waals surface area contributed by atoms with Crippen LogP contribution in [0.1, 0.15) is 45.1 Å². The summed E-state index contributed by atoms with van der Waals surface area (Å²) in [6, 6.07) is 7.16. The lowest BCUT2D eigenvalue weighted by molar-refractivity contribution is -0.120. The van der Waals surface area contributed by atoms with Crippen molar-refractivity contribution in [1.82, 2.24) is 0 Å². The molecule has 1 aromatic rings. The molecule has 2 unspecified atom stereocenters. The Labute approximate surface area is 138 Å². The molecule has 0 saturated heterocycles. The largest absolute Gasteiger partial charge is 0.328 e. The molecule has 5 nitrogen and oxygen atoms in total. The summed E-state index contributed by atoms with van der Waals surface area (Å²) in [5, 5.41) is 2.49. The van der Waals surface area contributed by atoms with E-state index in [1.54, 1.807) is 38.1 Å². The fraction of sp³-hybridized carbons (Fsp3) is 0.588. The van der Waals surface area contributed by atoms with Crippen molar-refractivity contribution in [1.29, 1.82) is 0 Å². The lowest BCUT2D eigenvalue weighted by Crippen LogP contribution is -2.34. The highest BCUT2D eigenvalue weighted by Gasteiger charge is 2.25. The summed E-state index contributed by atoms with van der Waals surface area (Å²) in [5.41, 5.74) is 7.27. The summed E-state index contributed by atoms with van der Waals surface area (Å²) in [6.45, 7) is 3.35. The second kappa shape index (κ2) is 7.45. The van der Waals surface area contributed by atoms with E-state index in [1.165, 1.54) is 0 Å². The molecular weight excluding hydrogens is 312 g/mol. The summed E-state index contributed by atoms with van der Waals surface area (Å²) >= 11 is 0. The van der Waals surface area contributed by atoms with E-state index in [1.807, 2.05) is 0 Å². The van der Waals surface area contributed by atoms with Crippen LogP contribution >= 0.6 is 0 Å². The van der Waals surface area contributed by atoms with Crippen LogP contribution in [-0.2, 0) is 20.4 Å². The van der Waals surface area contributed by atoms with Gasteiger partial charge in [0.05, 0.1) is 11.0 Å². The summed E-state index contributed by atoms with van der Waals surface area (Å²) in [4.78, 5) is 12.3. The number of amides is 1. The van der Waals surface area contributed by atoms with Gasteiger partial charge in [0.1, 0.15) is 0 Å². The fourth-order valence-electron chi connectivity index (χ4n) is 2.85. The predicted octanol–water partition coefficient (Wildman–Crippen LogP) is 2.47. The van der Waals surface area contributed by atoms with E-state index in [4.69, 9.17) is 5.73 Å². The molecule has 0 radical (unpaired) electrons. The fourth-order valence-corrected chi connectivity index (χ4v) is 3.83. The number of hydrogen-bond acceptors (Lipinski definition) is 4. The van der Waals surface area contributed by atoms with Gasteiger partial charge in [0.25, 0.3) is 0 Å². The van der Waals surface area contributed by atoms with Crippen molar-refractivity contribution in [3.05, 3.63) is 29.8 Å². The maximum Gasteiger partial charge on any atom is 0.227 e. The molecule has 3 N–H and O–H groups in total. The standard InChI is InChI=1S/C17H26N2O3S/c1-12(2)23(21,22)11-13-5-3-8-16(9-13)19-17(20)14-6-4-7-15(18)10-14/h3,5,8-9,12,14-15H,4,6-7,10-11,18H2,1-2H3,(H,19,20). The van der Waals surface area contributed by atoms with E-state index in [9.17, 15) is 13.2 Å². The van der Waals surface area contributed by atoms with Crippen LogP contribution in [0.2, 0.25) is 0 Å². The van der Waals surface area contributed by atoms with Crippen molar-refractivity contribution in [2.75, 3.05) is 5.32 Å². The predicted molar refractivity (Wildman–Crippen MR) is 92.8 cm³/mol. The number of sulfone groups is 1. The number of benzene rings is 1. The van der Waals surface area contributed by atoms with E-state index in [-0.39, 0.29) is 23.6 Å². The topological polar surface area (TPSA) is 89.3 Å². The van der Waals surface area contributed by atoms with Crippen LogP contribution in [0.3, 0.4) is 0 Å². The number of nitrogens with two attached hydrogens (primary N) is 1. The minimum absolute atomic E-state index is 0.0112. The van der Waals surface area contributed by atoms with E-state index in [0.29, 0.717) is 17.7 Å². The lowest BCUT2D eigenvalue weighted by atomic mass is 9.85. The van der Waals surface area contributed by atoms with E-state index in [0.717, 1.165) is 19.3 Å². The quantitative estimate of drug-likeness (QED) is 0.863. The van der Waals surface area contributed by atoms with Gasteiger partial charge in [-0.1, -0.05) is 18.6 Å². The second-order valence-corrected chi connectivity index (χ2v) is 9.23. The first-order valence-corrected chi connectivity index (χ1v) is 9.86. The third kappa shape index (κ3) is 5.04. The zero-order valence-corrected chi connectivity index (χ0v) is 14.6. The van der Waals surface area contributed by atoms with E-state index < -0.39 is 15.1 Å². The Bertz CT molecular complexity index is 656. The molecule has 2 rings (SSSR count). The Morgan fingerprint density at radius 1 is 1.35 bits per heavy atom. The van der Waals surface area contributed by atoms with Crippen molar-refractivity contribution >= 4 is 21.4 Å². The Balaban J connectivity index is 2.04. The molecule has 1 aromatic carbocycles. The normalized spacial score (nSPS) is 22.1. The minimum atomic E-state index is -3.15. The molecule has 0 heterocycles. The number of hydrogen-bond donors (Lipinski definition) is 2. The van der Waals surface area contributed by atoms with Crippen LogP contribution in [0.15, 0.2) is 24.3 Å². The molecule has 23 heavy (non-hydrogen) atoms. The first-order valence-electron chi connectivity index (χ1n) is 8.15. The average molecular weight is 338 g/mol. The van der Waals surface area contributed by atoms with Crippen molar-refractivity contribution in [3.63, 3.8) is 0 Å². The van der Waals surface area contributed by atoms with Crippen LogP contribution in [0.25, 0.3) is 0 Å². The third-order valence-electron chi connectivity index (χ3n) is 4.37. The van der Waals surface area contributed by atoms with Gasteiger partial charge in [-0.3, -0.25) is 4.79 Å². The highest BCUT2D eigenvalue weighted by molar-refractivity contribution is 7.91. The van der Waals surface area contributed by atoms with Gasteiger partial charge in [-0.25, -0.2) is 8.42 Å². The highest BCUT2D eigenvalue weighted by Crippen LogP contribution is 2.25. The maximum absolute atomic E-state index is 12.3. The number of rotatable bonds is 5. The number of carbonyl (C=O) groups is 1. The molecule has 6 heteroatoms. The van der Waals surface area contributed by atoms with Crippen LogP contribution in [-0.4, -0.2) is 25.6 Å². The van der Waals surface area contributed by atoms with Crippen molar-refractivity contribution in [3.8, 4) is 0 Å². The van der Waals surface area contributed by atoms with Gasteiger partial charge in [0.2, 0.25) is 5.91 Å². The van der Waals surface area contributed by atoms with Gasteiger partial charge >= 0.3 is 0 Å². The first-order chi connectivity index (χ1) is 10.8.